The van der Waals surface area contributed by atoms with E-state index in [1.165, 1.54) is 7.11 Å². The van der Waals surface area contributed by atoms with Gasteiger partial charge in [-0.2, -0.15) is 0 Å². The number of primary amides is 1. The number of benzene rings is 1. The van der Waals surface area contributed by atoms with Gasteiger partial charge in [0.15, 0.2) is 5.75 Å². The monoisotopic (exact) mass is 250 g/mol. The summed E-state index contributed by atoms with van der Waals surface area (Å²) < 4.78 is 5.24. The summed E-state index contributed by atoms with van der Waals surface area (Å²) in [4.78, 5) is 11.6. The van der Waals surface area contributed by atoms with E-state index in [2.05, 4.69) is 20.8 Å². The molecular formula is C14H22N2O2. The van der Waals surface area contributed by atoms with Crippen LogP contribution in [0.15, 0.2) is 0 Å². The first-order valence-corrected chi connectivity index (χ1v) is 5.89. The average molecular weight is 250 g/mol. The maximum Gasteiger partial charge on any atom is 0.252 e. The molecule has 0 unspecified atom stereocenters. The molecule has 0 saturated carbocycles. The zero-order valence-electron chi connectivity index (χ0n) is 12.0. The summed E-state index contributed by atoms with van der Waals surface area (Å²) in [5.41, 5.74) is 15.1. The summed E-state index contributed by atoms with van der Waals surface area (Å²) >= 11 is 0. The van der Waals surface area contributed by atoms with Crippen LogP contribution in [0.4, 0.5) is 5.69 Å². The highest BCUT2D eigenvalue weighted by Crippen LogP contribution is 2.40. The molecule has 0 aliphatic heterocycles. The molecule has 0 heterocycles. The van der Waals surface area contributed by atoms with Gasteiger partial charge in [0.1, 0.15) is 0 Å². The molecule has 0 fully saturated rings. The minimum atomic E-state index is -0.512. The molecule has 0 aliphatic carbocycles. The van der Waals surface area contributed by atoms with E-state index in [-0.39, 0.29) is 5.41 Å². The van der Waals surface area contributed by atoms with Gasteiger partial charge in [0.05, 0.1) is 18.4 Å². The lowest BCUT2D eigenvalue weighted by molar-refractivity contribution is 0.0996. The van der Waals surface area contributed by atoms with Gasteiger partial charge in [0.25, 0.3) is 5.91 Å². The van der Waals surface area contributed by atoms with Crippen molar-refractivity contribution in [1.82, 2.24) is 0 Å². The summed E-state index contributed by atoms with van der Waals surface area (Å²) in [6.45, 7) is 10.1. The van der Waals surface area contributed by atoms with Crippen molar-refractivity contribution < 1.29 is 9.53 Å². The maximum atomic E-state index is 11.6. The second kappa shape index (κ2) is 4.52. The highest BCUT2D eigenvalue weighted by atomic mass is 16.5. The predicted molar refractivity (Wildman–Crippen MR) is 74.1 cm³/mol. The summed E-state index contributed by atoms with van der Waals surface area (Å²) in [5, 5.41) is 0. The number of amides is 1. The van der Waals surface area contributed by atoms with E-state index < -0.39 is 5.91 Å². The topological polar surface area (TPSA) is 78.3 Å². The molecule has 1 amide bonds. The first-order valence-electron chi connectivity index (χ1n) is 5.89. The lowest BCUT2D eigenvalue weighted by Crippen LogP contribution is -2.22. The van der Waals surface area contributed by atoms with Crippen LogP contribution < -0.4 is 16.2 Å². The van der Waals surface area contributed by atoms with Crippen LogP contribution in [0.3, 0.4) is 0 Å². The number of ether oxygens (including phenoxy) is 1. The lowest BCUT2D eigenvalue weighted by Gasteiger charge is -2.28. The molecule has 0 spiro atoms. The van der Waals surface area contributed by atoms with E-state index in [1.807, 2.05) is 13.8 Å². The minimum Gasteiger partial charge on any atom is -0.494 e. The van der Waals surface area contributed by atoms with Crippen molar-refractivity contribution in [2.24, 2.45) is 5.73 Å². The van der Waals surface area contributed by atoms with Crippen molar-refractivity contribution in [1.29, 1.82) is 0 Å². The van der Waals surface area contributed by atoms with Crippen molar-refractivity contribution >= 4 is 11.6 Å². The molecule has 4 nitrogen and oxygen atoms in total. The van der Waals surface area contributed by atoms with Gasteiger partial charge in [-0.25, -0.2) is 0 Å². The standard InChI is InChI=1S/C14H22N2O2/c1-7-9(13(16)17)12(18-6)11(15)8(2)10(7)14(3,4)5/h15H2,1-6H3,(H2,16,17). The zero-order valence-corrected chi connectivity index (χ0v) is 12.0. The van der Waals surface area contributed by atoms with Crippen LogP contribution in [0.1, 0.15) is 47.8 Å². The Bertz CT molecular complexity index is 500. The molecule has 1 rings (SSSR count). The van der Waals surface area contributed by atoms with Gasteiger partial charge < -0.3 is 16.2 Å². The second-order valence-corrected chi connectivity index (χ2v) is 5.56. The predicted octanol–water partition coefficient (Wildman–Crippen LogP) is 2.29. The van der Waals surface area contributed by atoms with Gasteiger partial charge in [-0.3, -0.25) is 4.79 Å². The van der Waals surface area contributed by atoms with E-state index in [4.69, 9.17) is 16.2 Å². The minimum absolute atomic E-state index is 0.112. The highest BCUT2D eigenvalue weighted by Gasteiger charge is 2.27. The number of methoxy groups -OCH3 is 1. The molecule has 18 heavy (non-hydrogen) atoms. The fourth-order valence-electron chi connectivity index (χ4n) is 2.65. The van der Waals surface area contributed by atoms with Crippen LogP contribution in [0.2, 0.25) is 0 Å². The second-order valence-electron chi connectivity index (χ2n) is 5.56. The van der Waals surface area contributed by atoms with Crippen LogP contribution in [0.25, 0.3) is 0 Å². The van der Waals surface area contributed by atoms with Gasteiger partial charge >= 0.3 is 0 Å². The SMILES string of the molecule is COc1c(N)c(C)c(C(C)(C)C)c(C)c1C(N)=O. The van der Waals surface area contributed by atoms with Gasteiger partial charge in [-0.15, -0.1) is 0 Å². The Kier molecular flexibility index (Phi) is 3.60. The maximum absolute atomic E-state index is 11.6. The number of carbonyl (C=O) groups excluding carboxylic acids is 1. The molecule has 0 radical (unpaired) electrons. The van der Waals surface area contributed by atoms with Crippen LogP contribution >= 0.6 is 0 Å². The average Bonchev–Trinajstić information content (AvgIpc) is 2.20. The van der Waals surface area contributed by atoms with Gasteiger partial charge in [-0.1, -0.05) is 20.8 Å². The number of rotatable bonds is 2. The molecule has 1 aromatic rings. The molecule has 0 bridgehead atoms. The summed E-state index contributed by atoms with van der Waals surface area (Å²) in [7, 11) is 1.49. The lowest BCUT2D eigenvalue weighted by atomic mass is 9.78. The third kappa shape index (κ3) is 2.15. The van der Waals surface area contributed by atoms with E-state index in [0.717, 1.165) is 16.7 Å². The smallest absolute Gasteiger partial charge is 0.252 e. The molecule has 100 valence electrons. The van der Waals surface area contributed by atoms with Crippen molar-refractivity contribution in [2.45, 2.75) is 40.0 Å². The molecule has 0 atom stereocenters. The number of hydrogen-bond acceptors (Lipinski definition) is 3. The van der Waals surface area contributed by atoms with E-state index in [9.17, 15) is 4.79 Å². The fourth-order valence-corrected chi connectivity index (χ4v) is 2.65. The molecule has 0 aliphatic rings. The summed E-state index contributed by atoms with van der Waals surface area (Å²) in [6, 6.07) is 0. The number of nitrogens with two attached hydrogens (primary N) is 2. The van der Waals surface area contributed by atoms with Crippen LogP contribution in [0.5, 0.6) is 5.75 Å². The van der Waals surface area contributed by atoms with E-state index in [0.29, 0.717) is 17.0 Å². The number of nitrogen functional groups attached to an aromatic ring is 1. The Morgan fingerprint density at radius 1 is 1.17 bits per heavy atom. The molecule has 4 heteroatoms. The first-order chi connectivity index (χ1) is 8.12. The summed E-state index contributed by atoms with van der Waals surface area (Å²) in [5.74, 6) is -0.132. The first kappa shape index (κ1) is 14.4. The van der Waals surface area contributed by atoms with Crippen LogP contribution in [-0.2, 0) is 5.41 Å². The quantitative estimate of drug-likeness (QED) is 0.790. The third-order valence-corrected chi connectivity index (χ3v) is 3.20. The molecule has 0 aromatic heterocycles. The molecule has 0 saturated heterocycles. The van der Waals surface area contributed by atoms with Crippen molar-refractivity contribution in [3.8, 4) is 5.75 Å². The van der Waals surface area contributed by atoms with Crippen molar-refractivity contribution in [3.63, 3.8) is 0 Å². The van der Waals surface area contributed by atoms with Gasteiger partial charge in [0, 0.05) is 0 Å². The summed E-state index contributed by atoms with van der Waals surface area (Å²) in [6.07, 6.45) is 0. The zero-order chi connectivity index (χ0) is 14.2. The van der Waals surface area contributed by atoms with Gasteiger partial charge in [-0.05, 0) is 36.0 Å². The number of anilines is 1. The fraction of sp³-hybridized carbons (Fsp3) is 0.500. The Morgan fingerprint density at radius 3 is 2.00 bits per heavy atom. The van der Waals surface area contributed by atoms with E-state index >= 15 is 0 Å². The Balaban J connectivity index is 3.84. The molecule has 4 N–H and O–H groups in total. The van der Waals surface area contributed by atoms with Gasteiger partial charge in [0.2, 0.25) is 0 Å². The van der Waals surface area contributed by atoms with Crippen molar-refractivity contribution in [3.05, 3.63) is 22.3 Å². The van der Waals surface area contributed by atoms with Crippen LogP contribution in [-0.4, -0.2) is 13.0 Å². The third-order valence-electron chi connectivity index (χ3n) is 3.20. The largest absolute Gasteiger partial charge is 0.494 e. The normalized spacial score (nSPS) is 11.4. The number of carbonyl (C=O) groups is 1. The van der Waals surface area contributed by atoms with Crippen molar-refractivity contribution in [2.75, 3.05) is 12.8 Å². The van der Waals surface area contributed by atoms with Crippen LogP contribution in [0, 0.1) is 13.8 Å². The Labute approximate surface area is 108 Å². The number of hydrogen-bond donors (Lipinski definition) is 2. The van der Waals surface area contributed by atoms with E-state index in [1.54, 1.807) is 0 Å². The highest BCUT2D eigenvalue weighted by molar-refractivity contribution is 6.00. The molecular weight excluding hydrogens is 228 g/mol. The Hall–Kier alpha value is -1.71. The molecule has 1 aromatic carbocycles. The Morgan fingerprint density at radius 2 is 1.67 bits per heavy atom.